The lowest BCUT2D eigenvalue weighted by Crippen LogP contribution is -2.40. The van der Waals surface area contributed by atoms with E-state index < -0.39 is 0 Å². The quantitative estimate of drug-likeness (QED) is 0.862. The number of carbonyl (C=O) groups excluding carboxylic acids is 1. The van der Waals surface area contributed by atoms with Crippen molar-refractivity contribution in [3.8, 4) is 0 Å². The van der Waals surface area contributed by atoms with Crippen molar-refractivity contribution >= 4 is 5.91 Å². The second-order valence-corrected chi connectivity index (χ2v) is 7.40. The van der Waals surface area contributed by atoms with Crippen LogP contribution in [0.4, 0.5) is 0 Å². The first-order chi connectivity index (χ1) is 12.7. The number of hydrogen-bond donors (Lipinski definition) is 2. The van der Waals surface area contributed by atoms with Crippen LogP contribution in [-0.2, 0) is 6.42 Å². The summed E-state index contributed by atoms with van der Waals surface area (Å²) in [5.41, 5.74) is 0.606. The Morgan fingerprint density at radius 1 is 1.35 bits per heavy atom. The van der Waals surface area contributed by atoms with Gasteiger partial charge in [-0.05, 0) is 44.7 Å². The Kier molecular flexibility index (Phi) is 5.01. The molecule has 0 saturated carbocycles. The molecule has 0 aliphatic carbocycles. The van der Waals surface area contributed by atoms with Gasteiger partial charge in [-0.15, -0.1) is 0 Å². The summed E-state index contributed by atoms with van der Waals surface area (Å²) >= 11 is 0. The molecule has 0 radical (unpaired) electrons. The number of carbonyl (C=O) groups is 1. The van der Waals surface area contributed by atoms with Crippen molar-refractivity contribution in [2.45, 2.75) is 44.9 Å². The van der Waals surface area contributed by atoms with E-state index in [9.17, 15) is 4.79 Å². The van der Waals surface area contributed by atoms with Crippen molar-refractivity contribution in [1.82, 2.24) is 30.3 Å². The molecule has 2 N–H and O–H groups in total. The van der Waals surface area contributed by atoms with Crippen LogP contribution in [0.25, 0.3) is 0 Å². The fourth-order valence-corrected chi connectivity index (χ4v) is 4.02. The lowest BCUT2D eigenvalue weighted by Gasteiger charge is -2.32. The lowest BCUT2D eigenvalue weighted by molar-refractivity contribution is 0.0666. The third-order valence-electron chi connectivity index (χ3n) is 5.40. The fraction of sp³-hybridized carbons (Fsp3) is 0.667. The summed E-state index contributed by atoms with van der Waals surface area (Å²) in [7, 11) is 0. The van der Waals surface area contributed by atoms with Crippen LogP contribution in [0.2, 0.25) is 0 Å². The zero-order valence-corrected chi connectivity index (χ0v) is 15.2. The van der Waals surface area contributed by atoms with Crippen LogP contribution in [0.1, 0.15) is 59.6 Å². The number of nitrogens with zero attached hydrogens (tertiary/aromatic N) is 4. The van der Waals surface area contributed by atoms with E-state index in [1.807, 2.05) is 4.90 Å². The molecule has 1 atom stereocenters. The average Bonchev–Trinajstić information content (AvgIpc) is 3.31. The molecule has 1 amide bonds. The SMILES string of the molecule is Cc1nc(CC2CCCN(C(=O)c3cnc(C4CCNCC4)[nH]3)C2)no1. The average molecular weight is 358 g/mol. The zero-order chi connectivity index (χ0) is 17.9. The number of imidazole rings is 1. The summed E-state index contributed by atoms with van der Waals surface area (Å²) in [6.07, 6.45) is 6.67. The molecule has 0 aromatic carbocycles. The smallest absolute Gasteiger partial charge is 0.271 e. The van der Waals surface area contributed by atoms with E-state index in [2.05, 4.69) is 25.4 Å². The molecule has 8 nitrogen and oxygen atoms in total. The number of amides is 1. The summed E-state index contributed by atoms with van der Waals surface area (Å²) in [4.78, 5) is 26.9. The Hall–Kier alpha value is -2.22. The maximum atomic E-state index is 12.9. The molecule has 1 unspecified atom stereocenters. The third-order valence-corrected chi connectivity index (χ3v) is 5.40. The van der Waals surface area contributed by atoms with Gasteiger partial charge in [0.1, 0.15) is 11.5 Å². The summed E-state index contributed by atoms with van der Waals surface area (Å²) in [6.45, 7) is 5.35. The summed E-state index contributed by atoms with van der Waals surface area (Å²) < 4.78 is 5.05. The van der Waals surface area contributed by atoms with Crippen LogP contribution in [0.3, 0.4) is 0 Å². The molecule has 4 rings (SSSR count). The first-order valence-corrected chi connectivity index (χ1v) is 9.53. The molecule has 2 saturated heterocycles. The largest absolute Gasteiger partial charge is 0.340 e. The van der Waals surface area contributed by atoms with E-state index in [0.717, 1.165) is 69.9 Å². The van der Waals surface area contributed by atoms with Gasteiger partial charge in [0.15, 0.2) is 5.82 Å². The Morgan fingerprint density at radius 3 is 2.96 bits per heavy atom. The summed E-state index contributed by atoms with van der Waals surface area (Å²) in [5, 5.41) is 7.34. The van der Waals surface area contributed by atoms with Crippen LogP contribution in [0.15, 0.2) is 10.7 Å². The molecule has 4 heterocycles. The van der Waals surface area contributed by atoms with Crippen molar-refractivity contribution in [3.05, 3.63) is 29.4 Å². The van der Waals surface area contributed by atoms with E-state index in [1.165, 1.54) is 0 Å². The van der Waals surface area contributed by atoms with Crippen molar-refractivity contribution < 1.29 is 9.32 Å². The molecule has 140 valence electrons. The van der Waals surface area contributed by atoms with E-state index in [1.54, 1.807) is 13.1 Å². The number of aromatic nitrogens is 4. The molecule has 2 aliphatic rings. The normalized spacial score (nSPS) is 21.9. The molecule has 0 bridgehead atoms. The van der Waals surface area contributed by atoms with Gasteiger partial charge in [0.2, 0.25) is 5.89 Å². The topological polar surface area (TPSA) is 99.9 Å². The number of hydrogen-bond acceptors (Lipinski definition) is 6. The summed E-state index contributed by atoms with van der Waals surface area (Å²) in [6, 6.07) is 0. The minimum Gasteiger partial charge on any atom is -0.340 e. The lowest BCUT2D eigenvalue weighted by atomic mass is 9.94. The number of aromatic amines is 1. The second-order valence-electron chi connectivity index (χ2n) is 7.40. The van der Waals surface area contributed by atoms with Gasteiger partial charge in [-0.25, -0.2) is 4.98 Å². The Balaban J connectivity index is 1.38. The highest BCUT2D eigenvalue weighted by molar-refractivity contribution is 5.92. The zero-order valence-electron chi connectivity index (χ0n) is 15.2. The number of H-pyrrole nitrogens is 1. The first kappa shape index (κ1) is 17.2. The van der Waals surface area contributed by atoms with Crippen LogP contribution in [0, 0.1) is 12.8 Å². The van der Waals surface area contributed by atoms with Crippen molar-refractivity contribution in [2.24, 2.45) is 5.92 Å². The van der Waals surface area contributed by atoms with Gasteiger partial charge in [-0.2, -0.15) is 4.98 Å². The minimum atomic E-state index is 0.0478. The van der Waals surface area contributed by atoms with Gasteiger partial charge >= 0.3 is 0 Å². The van der Waals surface area contributed by atoms with Gasteiger partial charge in [0.05, 0.1) is 6.20 Å². The predicted octanol–water partition coefficient (Wildman–Crippen LogP) is 1.66. The van der Waals surface area contributed by atoms with Crippen molar-refractivity contribution in [2.75, 3.05) is 26.2 Å². The Labute approximate surface area is 152 Å². The Morgan fingerprint density at radius 2 is 2.19 bits per heavy atom. The van der Waals surface area contributed by atoms with Crippen molar-refractivity contribution in [1.29, 1.82) is 0 Å². The van der Waals surface area contributed by atoms with Crippen LogP contribution in [0.5, 0.6) is 0 Å². The van der Waals surface area contributed by atoms with Gasteiger partial charge in [0, 0.05) is 32.4 Å². The minimum absolute atomic E-state index is 0.0478. The number of piperidine rings is 2. The summed E-state index contributed by atoms with van der Waals surface area (Å²) in [5.74, 6) is 3.12. The molecule has 2 aromatic heterocycles. The maximum Gasteiger partial charge on any atom is 0.271 e. The van der Waals surface area contributed by atoms with Crippen LogP contribution >= 0.6 is 0 Å². The molecular formula is C18H26N6O2. The molecule has 2 fully saturated rings. The maximum absolute atomic E-state index is 12.9. The molecule has 2 aliphatic heterocycles. The predicted molar refractivity (Wildman–Crippen MR) is 94.8 cm³/mol. The number of aryl methyl sites for hydroxylation is 1. The van der Waals surface area contributed by atoms with Crippen molar-refractivity contribution in [3.63, 3.8) is 0 Å². The Bertz CT molecular complexity index is 748. The molecule has 26 heavy (non-hydrogen) atoms. The highest BCUT2D eigenvalue weighted by Crippen LogP contribution is 2.24. The van der Waals surface area contributed by atoms with E-state index in [0.29, 0.717) is 23.4 Å². The molecular weight excluding hydrogens is 332 g/mol. The number of nitrogens with one attached hydrogen (secondary N) is 2. The second kappa shape index (κ2) is 7.57. The van der Waals surface area contributed by atoms with Gasteiger partial charge in [-0.1, -0.05) is 5.16 Å². The molecule has 0 spiro atoms. The standard InChI is InChI=1S/C18H26N6O2/c1-12-21-16(23-26-12)9-13-3-2-8-24(11-13)18(25)15-10-20-17(22-15)14-4-6-19-7-5-14/h10,13-14,19H,2-9,11H2,1H3,(H,20,22). The first-order valence-electron chi connectivity index (χ1n) is 9.53. The highest BCUT2D eigenvalue weighted by atomic mass is 16.5. The van der Waals surface area contributed by atoms with Crippen LogP contribution in [-0.4, -0.2) is 57.1 Å². The van der Waals surface area contributed by atoms with E-state index in [-0.39, 0.29) is 5.91 Å². The van der Waals surface area contributed by atoms with Crippen LogP contribution < -0.4 is 5.32 Å². The molecule has 2 aromatic rings. The monoisotopic (exact) mass is 358 g/mol. The van der Waals surface area contributed by atoms with E-state index >= 15 is 0 Å². The molecule has 8 heteroatoms. The van der Waals surface area contributed by atoms with E-state index in [4.69, 9.17) is 4.52 Å². The number of likely N-dealkylation sites (tertiary alicyclic amines) is 1. The van der Waals surface area contributed by atoms with Gasteiger partial charge in [-0.3, -0.25) is 4.79 Å². The number of rotatable bonds is 4. The highest BCUT2D eigenvalue weighted by Gasteiger charge is 2.27. The third kappa shape index (κ3) is 3.80. The van der Waals surface area contributed by atoms with Gasteiger partial charge < -0.3 is 19.7 Å². The van der Waals surface area contributed by atoms with Gasteiger partial charge in [0.25, 0.3) is 5.91 Å². The fourth-order valence-electron chi connectivity index (χ4n) is 4.02.